The molecule has 0 aliphatic heterocycles. The van der Waals surface area contributed by atoms with Crippen molar-refractivity contribution in [1.82, 2.24) is 4.72 Å². The summed E-state index contributed by atoms with van der Waals surface area (Å²) in [6, 6.07) is 10.1. The first-order valence-corrected chi connectivity index (χ1v) is 13.1. The van der Waals surface area contributed by atoms with Crippen LogP contribution in [0.25, 0.3) is 6.08 Å². The van der Waals surface area contributed by atoms with Crippen LogP contribution >= 0.6 is 0 Å². The van der Waals surface area contributed by atoms with Crippen LogP contribution in [0.2, 0.25) is 19.6 Å². The monoisotopic (exact) mass is 377 g/mol. The highest BCUT2D eigenvalue weighted by molar-refractivity contribution is 7.84. The SMILES string of the molecule is CC(/C=C/c1ccccc1)(CC#CO[Si](C)(C)C)NS(=O)C(C)(C)C. The van der Waals surface area contributed by atoms with E-state index in [0.29, 0.717) is 6.42 Å². The molecule has 0 bridgehead atoms. The molecule has 1 rings (SSSR count). The maximum absolute atomic E-state index is 12.6. The third-order valence-corrected chi connectivity index (χ3v) is 5.69. The van der Waals surface area contributed by atoms with Crippen molar-refractivity contribution in [2.45, 2.75) is 64.0 Å². The molecule has 2 atom stereocenters. The van der Waals surface area contributed by atoms with Crippen LogP contribution in [0.3, 0.4) is 0 Å². The van der Waals surface area contributed by atoms with Gasteiger partial charge in [0.2, 0.25) is 0 Å². The Bertz CT molecular complexity index is 663. The lowest BCUT2D eigenvalue weighted by molar-refractivity contribution is 0.507. The second kappa shape index (κ2) is 8.84. The summed E-state index contributed by atoms with van der Waals surface area (Å²) in [5.74, 6) is 3.09. The van der Waals surface area contributed by atoms with Gasteiger partial charge in [0, 0.05) is 6.42 Å². The summed E-state index contributed by atoms with van der Waals surface area (Å²) in [4.78, 5) is 0. The Morgan fingerprint density at radius 1 is 1.16 bits per heavy atom. The topological polar surface area (TPSA) is 38.3 Å². The van der Waals surface area contributed by atoms with Crippen LogP contribution in [0.15, 0.2) is 36.4 Å². The molecule has 138 valence electrons. The largest absolute Gasteiger partial charge is 0.501 e. The lowest BCUT2D eigenvalue weighted by Gasteiger charge is -2.29. The van der Waals surface area contributed by atoms with Gasteiger partial charge in [0.1, 0.15) is 0 Å². The van der Waals surface area contributed by atoms with Crippen molar-refractivity contribution in [3.63, 3.8) is 0 Å². The van der Waals surface area contributed by atoms with E-state index in [4.69, 9.17) is 4.43 Å². The summed E-state index contributed by atoms with van der Waals surface area (Å²) >= 11 is 0. The van der Waals surface area contributed by atoms with Gasteiger partial charge in [0.15, 0.2) is 0 Å². The fraction of sp³-hybridized carbons (Fsp3) is 0.500. The minimum Gasteiger partial charge on any atom is -0.501 e. The zero-order chi connectivity index (χ0) is 19.1. The molecule has 0 spiro atoms. The zero-order valence-electron chi connectivity index (χ0n) is 16.5. The van der Waals surface area contributed by atoms with Crippen LogP contribution in [0.1, 0.15) is 39.7 Å². The van der Waals surface area contributed by atoms with Gasteiger partial charge in [-0.25, -0.2) is 8.93 Å². The van der Waals surface area contributed by atoms with E-state index < -0.39 is 24.8 Å². The van der Waals surface area contributed by atoms with Crippen molar-refractivity contribution in [2.24, 2.45) is 0 Å². The molecule has 0 aromatic heterocycles. The molecule has 0 fully saturated rings. The third-order valence-electron chi connectivity index (χ3n) is 3.21. The molecule has 0 aliphatic carbocycles. The second-order valence-electron chi connectivity index (χ2n) is 8.31. The van der Waals surface area contributed by atoms with E-state index in [-0.39, 0.29) is 4.75 Å². The summed E-state index contributed by atoms with van der Waals surface area (Å²) in [6.45, 7) is 14.2. The van der Waals surface area contributed by atoms with E-state index in [2.05, 4.69) is 36.4 Å². The highest BCUT2D eigenvalue weighted by atomic mass is 32.2. The van der Waals surface area contributed by atoms with E-state index in [0.717, 1.165) is 5.56 Å². The molecule has 0 amide bonds. The first-order chi connectivity index (χ1) is 11.4. The van der Waals surface area contributed by atoms with Crippen LogP contribution in [-0.4, -0.2) is 22.8 Å². The van der Waals surface area contributed by atoms with Gasteiger partial charge in [-0.3, -0.25) is 0 Å². The van der Waals surface area contributed by atoms with E-state index in [1.165, 1.54) is 0 Å². The molecule has 0 saturated carbocycles. The molecule has 1 aromatic carbocycles. The van der Waals surface area contributed by atoms with E-state index in [9.17, 15) is 4.21 Å². The quantitative estimate of drug-likeness (QED) is 0.576. The molecule has 1 N–H and O–H groups in total. The molecule has 2 unspecified atom stereocenters. The Balaban J connectivity index is 2.96. The van der Waals surface area contributed by atoms with Crippen LogP contribution < -0.4 is 4.72 Å². The van der Waals surface area contributed by atoms with E-state index in [1.807, 2.05) is 70.2 Å². The molecule has 0 saturated heterocycles. The highest BCUT2D eigenvalue weighted by Crippen LogP contribution is 2.19. The fourth-order valence-corrected chi connectivity index (χ4v) is 3.00. The van der Waals surface area contributed by atoms with Crippen molar-refractivity contribution >= 4 is 25.4 Å². The summed E-state index contributed by atoms with van der Waals surface area (Å²) in [7, 11) is -2.85. The van der Waals surface area contributed by atoms with Gasteiger partial charge < -0.3 is 4.43 Å². The number of benzene rings is 1. The lowest BCUT2D eigenvalue weighted by atomic mass is 9.98. The molecule has 1 aromatic rings. The Morgan fingerprint density at radius 3 is 2.28 bits per heavy atom. The van der Waals surface area contributed by atoms with Gasteiger partial charge in [-0.1, -0.05) is 48.4 Å². The van der Waals surface area contributed by atoms with Crippen molar-refractivity contribution in [1.29, 1.82) is 0 Å². The van der Waals surface area contributed by atoms with Crippen molar-refractivity contribution in [3.8, 4) is 12.0 Å². The Labute approximate surface area is 157 Å². The molecule has 3 nitrogen and oxygen atoms in total. The molecule has 0 heterocycles. The first kappa shape index (κ1) is 21.7. The number of hydrogen-bond donors (Lipinski definition) is 1. The second-order valence-corrected chi connectivity index (χ2v) is 14.7. The fourth-order valence-electron chi connectivity index (χ4n) is 1.75. The van der Waals surface area contributed by atoms with Crippen molar-refractivity contribution < 1.29 is 8.63 Å². The predicted octanol–water partition coefficient (Wildman–Crippen LogP) is 4.71. The van der Waals surface area contributed by atoms with Crippen LogP contribution in [-0.2, 0) is 15.4 Å². The molecule has 0 radical (unpaired) electrons. The number of hydrogen-bond acceptors (Lipinski definition) is 2. The summed E-state index contributed by atoms with van der Waals surface area (Å²) in [5, 5.41) is 0. The van der Waals surface area contributed by atoms with Crippen LogP contribution in [0.4, 0.5) is 0 Å². The van der Waals surface area contributed by atoms with Crippen molar-refractivity contribution in [3.05, 3.63) is 42.0 Å². The van der Waals surface area contributed by atoms with Gasteiger partial charge in [-0.2, -0.15) is 0 Å². The molecule has 5 heteroatoms. The standard InChI is InChI=1S/C20H31NO2SSi/c1-19(2,3)24(22)21-20(4,15-11-17-23-25(5,6)7)16-14-18-12-9-8-10-13-18/h8-10,12-14,16,21H,15H2,1-7H3/b16-14+. The maximum Gasteiger partial charge on any atom is 0.255 e. The molecular weight excluding hydrogens is 346 g/mol. The maximum atomic E-state index is 12.6. The minimum atomic E-state index is -1.66. The minimum absolute atomic E-state index is 0.343. The van der Waals surface area contributed by atoms with Gasteiger partial charge in [-0.05, 0) is 52.9 Å². The third kappa shape index (κ3) is 9.06. The Kier molecular flexibility index (Phi) is 7.67. The summed E-state index contributed by atoms with van der Waals surface area (Å²) in [5.41, 5.74) is 0.590. The Hall–Kier alpha value is -1.35. The first-order valence-electron chi connectivity index (χ1n) is 8.51. The average molecular weight is 378 g/mol. The van der Waals surface area contributed by atoms with E-state index in [1.54, 1.807) is 0 Å². The molecule has 25 heavy (non-hydrogen) atoms. The summed E-state index contributed by atoms with van der Waals surface area (Å²) in [6.07, 6.45) is 7.42. The normalized spacial score (nSPS) is 16.0. The van der Waals surface area contributed by atoms with Gasteiger partial charge >= 0.3 is 0 Å². The lowest BCUT2D eigenvalue weighted by Crippen LogP contribution is -2.46. The average Bonchev–Trinajstić information content (AvgIpc) is 2.49. The zero-order valence-corrected chi connectivity index (χ0v) is 18.3. The highest BCUT2D eigenvalue weighted by Gasteiger charge is 2.28. The van der Waals surface area contributed by atoms with E-state index >= 15 is 0 Å². The Morgan fingerprint density at radius 2 is 1.76 bits per heavy atom. The smallest absolute Gasteiger partial charge is 0.255 e. The number of rotatable bonds is 6. The predicted molar refractivity (Wildman–Crippen MR) is 112 cm³/mol. The van der Waals surface area contributed by atoms with Gasteiger partial charge in [-0.15, -0.1) is 0 Å². The van der Waals surface area contributed by atoms with Gasteiger partial charge in [0.05, 0.1) is 27.4 Å². The van der Waals surface area contributed by atoms with Crippen molar-refractivity contribution in [2.75, 3.05) is 0 Å². The van der Waals surface area contributed by atoms with Crippen LogP contribution in [0, 0.1) is 12.0 Å². The van der Waals surface area contributed by atoms with Crippen LogP contribution in [0.5, 0.6) is 0 Å². The number of nitrogens with one attached hydrogen (secondary N) is 1. The summed E-state index contributed by atoms with van der Waals surface area (Å²) < 4.78 is 21.1. The van der Waals surface area contributed by atoms with Gasteiger partial charge in [0.25, 0.3) is 8.32 Å². The molecule has 0 aliphatic rings. The molecular formula is C20H31NO2SSi.